The van der Waals surface area contributed by atoms with Gasteiger partial charge in [-0.25, -0.2) is 0 Å². The molecule has 0 amide bonds. The van der Waals surface area contributed by atoms with Crippen LogP contribution < -0.4 is 0 Å². The number of nitriles is 1. The van der Waals surface area contributed by atoms with Crippen molar-refractivity contribution >= 4 is 0 Å². The number of aryl methyl sites for hydroxylation is 2. The normalized spacial score (nSPS) is 19.1. The Hall–Kier alpha value is -1.33. The number of aliphatic hydroxyl groups is 1. The second-order valence-corrected chi connectivity index (χ2v) is 5.81. The van der Waals surface area contributed by atoms with Crippen molar-refractivity contribution in [1.82, 2.24) is 0 Å². The number of hydrogen-bond donors (Lipinski definition) is 1. The highest BCUT2D eigenvalue weighted by Crippen LogP contribution is 2.34. The Bertz CT molecular complexity index is 485. The average Bonchev–Trinajstić information content (AvgIpc) is 2.44. The van der Waals surface area contributed by atoms with Crippen molar-refractivity contribution in [1.29, 1.82) is 5.26 Å². The molecular formula is C17H23NO. The Kier molecular flexibility index (Phi) is 4.27. The second kappa shape index (κ2) is 5.75. The fourth-order valence-electron chi connectivity index (χ4n) is 3.01. The molecule has 1 aliphatic rings. The van der Waals surface area contributed by atoms with E-state index in [0.29, 0.717) is 0 Å². The van der Waals surface area contributed by atoms with Crippen LogP contribution in [-0.2, 0) is 18.4 Å². The lowest BCUT2D eigenvalue weighted by Crippen LogP contribution is -2.31. The molecule has 0 aliphatic heterocycles. The molecule has 1 aliphatic carbocycles. The quantitative estimate of drug-likeness (QED) is 0.893. The molecule has 2 nitrogen and oxygen atoms in total. The standard InChI is InChI=1S/C17H23NO/c1-3-6-16(12-18)17(2,19)15-10-9-13-7-4-5-8-14(13)11-15/h9-11,16,19H,3-8H2,1-2H3. The van der Waals surface area contributed by atoms with Crippen molar-refractivity contribution in [3.63, 3.8) is 0 Å². The summed E-state index contributed by atoms with van der Waals surface area (Å²) in [6.45, 7) is 3.83. The van der Waals surface area contributed by atoms with E-state index in [1.165, 1.54) is 24.0 Å². The van der Waals surface area contributed by atoms with Crippen LogP contribution in [0, 0.1) is 17.2 Å². The third-order valence-corrected chi connectivity index (χ3v) is 4.34. The maximum atomic E-state index is 10.8. The van der Waals surface area contributed by atoms with Gasteiger partial charge in [-0.05, 0) is 55.7 Å². The summed E-state index contributed by atoms with van der Waals surface area (Å²) in [5, 5.41) is 20.0. The lowest BCUT2D eigenvalue weighted by atomic mass is 9.79. The summed E-state index contributed by atoms with van der Waals surface area (Å²) >= 11 is 0. The third kappa shape index (κ3) is 2.82. The van der Waals surface area contributed by atoms with Crippen molar-refractivity contribution in [3.8, 4) is 6.07 Å². The zero-order valence-electron chi connectivity index (χ0n) is 11.9. The van der Waals surface area contributed by atoms with Crippen LogP contribution in [0.2, 0.25) is 0 Å². The highest BCUT2D eigenvalue weighted by atomic mass is 16.3. The van der Waals surface area contributed by atoms with Crippen molar-refractivity contribution < 1.29 is 5.11 Å². The third-order valence-electron chi connectivity index (χ3n) is 4.34. The van der Waals surface area contributed by atoms with Crippen molar-refractivity contribution in [2.45, 2.75) is 58.0 Å². The van der Waals surface area contributed by atoms with Gasteiger partial charge in [-0.2, -0.15) is 5.26 Å². The summed E-state index contributed by atoms with van der Waals surface area (Å²) in [4.78, 5) is 0. The second-order valence-electron chi connectivity index (χ2n) is 5.81. The van der Waals surface area contributed by atoms with Gasteiger partial charge >= 0.3 is 0 Å². The molecule has 0 fully saturated rings. The Morgan fingerprint density at radius 1 is 1.32 bits per heavy atom. The molecule has 1 aromatic carbocycles. The molecule has 102 valence electrons. The zero-order chi connectivity index (χ0) is 13.9. The number of fused-ring (bicyclic) bond motifs is 1. The summed E-state index contributed by atoms with van der Waals surface area (Å²) < 4.78 is 0. The molecule has 1 N–H and O–H groups in total. The van der Waals surface area contributed by atoms with E-state index in [4.69, 9.17) is 0 Å². The highest BCUT2D eigenvalue weighted by Gasteiger charge is 2.33. The predicted molar refractivity (Wildman–Crippen MR) is 76.7 cm³/mol. The van der Waals surface area contributed by atoms with Gasteiger partial charge in [-0.1, -0.05) is 31.5 Å². The van der Waals surface area contributed by atoms with Crippen LogP contribution in [0.1, 0.15) is 56.2 Å². The molecule has 1 aromatic rings. The zero-order valence-corrected chi connectivity index (χ0v) is 11.9. The van der Waals surface area contributed by atoms with Crippen LogP contribution in [0.4, 0.5) is 0 Å². The minimum absolute atomic E-state index is 0.334. The van der Waals surface area contributed by atoms with Gasteiger partial charge in [-0.3, -0.25) is 0 Å². The van der Waals surface area contributed by atoms with Crippen molar-refractivity contribution in [2.24, 2.45) is 5.92 Å². The monoisotopic (exact) mass is 257 g/mol. The molecule has 0 aromatic heterocycles. The highest BCUT2D eigenvalue weighted by molar-refractivity contribution is 5.37. The summed E-state index contributed by atoms with van der Waals surface area (Å²) in [7, 11) is 0. The first kappa shape index (κ1) is 14.1. The van der Waals surface area contributed by atoms with Gasteiger partial charge in [0.05, 0.1) is 12.0 Å². The number of nitrogens with zero attached hydrogens (tertiary/aromatic N) is 1. The molecule has 0 saturated heterocycles. The molecule has 2 rings (SSSR count). The minimum Gasteiger partial charge on any atom is -0.384 e. The van der Waals surface area contributed by atoms with E-state index in [1.807, 2.05) is 13.0 Å². The Labute approximate surface area is 116 Å². The van der Waals surface area contributed by atoms with E-state index in [1.54, 1.807) is 6.92 Å². The van der Waals surface area contributed by atoms with E-state index in [-0.39, 0.29) is 5.92 Å². The molecule has 0 radical (unpaired) electrons. The number of rotatable bonds is 4. The van der Waals surface area contributed by atoms with Crippen LogP contribution in [0.5, 0.6) is 0 Å². The van der Waals surface area contributed by atoms with E-state index in [0.717, 1.165) is 31.2 Å². The van der Waals surface area contributed by atoms with Crippen LogP contribution in [-0.4, -0.2) is 5.11 Å². The largest absolute Gasteiger partial charge is 0.384 e. The SMILES string of the molecule is CCCC(C#N)C(C)(O)c1ccc2c(c1)CCCC2. The first-order chi connectivity index (χ1) is 9.09. The summed E-state index contributed by atoms with van der Waals surface area (Å²) in [6.07, 6.45) is 6.40. The van der Waals surface area contributed by atoms with E-state index in [2.05, 4.69) is 18.2 Å². The van der Waals surface area contributed by atoms with E-state index < -0.39 is 5.60 Å². The number of benzene rings is 1. The maximum absolute atomic E-state index is 10.8. The summed E-state index contributed by atoms with van der Waals surface area (Å²) in [5.74, 6) is -0.334. The van der Waals surface area contributed by atoms with E-state index in [9.17, 15) is 10.4 Å². The number of hydrogen-bond acceptors (Lipinski definition) is 2. The maximum Gasteiger partial charge on any atom is 0.103 e. The van der Waals surface area contributed by atoms with Crippen molar-refractivity contribution in [3.05, 3.63) is 34.9 Å². The predicted octanol–water partition coefficient (Wildman–Crippen LogP) is 3.71. The molecule has 0 saturated carbocycles. The van der Waals surface area contributed by atoms with Crippen LogP contribution in [0.25, 0.3) is 0 Å². The Morgan fingerprint density at radius 2 is 2.00 bits per heavy atom. The van der Waals surface area contributed by atoms with Gasteiger partial charge in [0.25, 0.3) is 0 Å². The molecule has 0 bridgehead atoms. The van der Waals surface area contributed by atoms with Gasteiger partial charge in [-0.15, -0.1) is 0 Å². The van der Waals surface area contributed by atoms with Crippen LogP contribution >= 0.6 is 0 Å². The Balaban J connectivity index is 2.32. The smallest absolute Gasteiger partial charge is 0.103 e. The fourth-order valence-corrected chi connectivity index (χ4v) is 3.01. The van der Waals surface area contributed by atoms with Gasteiger partial charge in [0.1, 0.15) is 5.60 Å². The first-order valence-corrected chi connectivity index (χ1v) is 7.34. The molecule has 0 spiro atoms. The molecule has 0 heterocycles. The summed E-state index contributed by atoms with van der Waals surface area (Å²) in [5.41, 5.74) is 2.62. The van der Waals surface area contributed by atoms with Gasteiger partial charge in [0.15, 0.2) is 0 Å². The van der Waals surface area contributed by atoms with Gasteiger partial charge in [0.2, 0.25) is 0 Å². The molecule has 19 heavy (non-hydrogen) atoms. The van der Waals surface area contributed by atoms with Gasteiger partial charge < -0.3 is 5.11 Å². The lowest BCUT2D eigenvalue weighted by Gasteiger charge is -2.30. The molecule has 2 unspecified atom stereocenters. The Morgan fingerprint density at radius 3 is 2.63 bits per heavy atom. The van der Waals surface area contributed by atoms with E-state index >= 15 is 0 Å². The van der Waals surface area contributed by atoms with Crippen molar-refractivity contribution in [2.75, 3.05) is 0 Å². The molecule has 2 heteroatoms. The minimum atomic E-state index is -1.04. The first-order valence-electron chi connectivity index (χ1n) is 7.34. The average molecular weight is 257 g/mol. The lowest BCUT2D eigenvalue weighted by molar-refractivity contribution is 0.0130. The van der Waals surface area contributed by atoms with Crippen LogP contribution in [0.15, 0.2) is 18.2 Å². The van der Waals surface area contributed by atoms with Gasteiger partial charge in [0, 0.05) is 0 Å². The van der Waals surface area contributed by atoms with Crippen LogP contribution in [0.3, 0.4) is 0 Å². The molecular weight excluding hydrogens is 234 g/mol. The summed E-state index contributed by atoms with van der Waals surface area (Å²) in [6, 6.07) is 8.53. The fraction of sp³-hybridized carbons (Fsp3) is 0.588. The molecule has 2 atom stereocenters. The topological polar surface area (TPSA) is 44.0 Å².